The Balaban J connectivity index is 4.11. The molecule has 0 spiro atoms. The Morgan fingerprint density at radius 1 is 1.67 bits per heavy atom. The van der Waals surface area contributed by atoms with Gasteiger partial charge in [0.25, 0.3) is 0 Å². The Bertz CT molecular complexity index is 130. The maximum Gasteiger partial charge on any atom is 0.128 e. The van der Waals surface area contributed by atoms with Crippen LogP contribution in [0.3, 0.4) is 0 Å². The molecular formula is C7H12ClN. The Morgan fingerprint density at radius 3 is 2.22 bits per heavy atom. The Labute approximate surface area is 61.4 Å². The number of alkyl halides is 1. The average Bonchev–Trinajstić information content (AvgIpc) is 1.62. The van der Waals surface area contributed by atoms with Crippen LogP contribution in [-0.4, -0.2) is 10.7 Å². The minimum absolute atomic E-state index is 0.488. The standard InChI is InChI=1S/C7H12ClN/c1-5-6(2)9-7(3,4)8/h5H,1H2,2-4H3. The lowest BCUT2D eigenvalue weighted by Crippen LogP contribution is -2.07. The van der Waals surface area contributed by atoms with E-state index in [-0.39, 0.29) is 0 Å². The molecule has 0 radical (unpaired) electrons. The van der Waals surface area contributed by atoms with Crippen molar-refractivity contribution in [3.63, 3.8) is 0 Å². The van der Waals surface area contributed by atoms with Gasteiger partial charge in [0.15, 0.2) is 0 Å². The van der Waals surface area contributed by atoms with Gasteiger partial charge in [-0.15, -0.1) is 0 Å². The van der Waals surface area contributed by atoms with Crippen molar-refractivity contribution in [3.05, 3.63) is 12.7 Å². The number of nitrogens with zero attached hydrogens (tertiary/aromatic N) is 1. The molecule has 0 heterocycles. The number of halogens is 1. The van der Waals surface area contributed by atoms with E-state index in [0.717, 1.165) is 5.71 Å². The first-order valence-corrected chi connectivity index (χ1v) is 3.21. The van der Waals surface area contributed by atoms with Crippen LogP contribution < -0.4 is 0 Å². The molecule has 1 nitrogen and oxygen atoms in total. The van der Waals surface area contributed by atoms with Crippen LogP contribution in [0.2, 0.25) is 0 Å². The number of rotatable bonds is 2. The van der Waals surface area contributed by atoms with E-state index in [1.54, 1.807) is 6.08 Å². The van der Waals surface area contributed by atoms with E-state index in [1.807, 2.05) is 20.8 Å². The number of hydrogen-bond acceptors (Lipinski definition) is 1. The average molecular weight is 146 g/mol. The highest BCUT2D eigenvalue weighted by Crippen LogP contribution is 2.13. The summed E-state index contributed by atoms with van der Waals surface area (Å²) in [5, 5.41) is 0. The van der Waals surface area contributed by atoms with E-state index in [9.17, 15) is 0 Å². The van der Waals surface area contributed by atoms with E-state index in [0.29, 0.717) is 0 Å². The molecular weight excluding hydrogens is 134 g/mol. The molecule has 0 saturated heterocycles. The van der Waals surface area contributed by atoms with Crippen LogP contribution in [0.5, 0.6) is 0 Å². The zero-order valence-corrected chi connectivity index (χ0v) is 6.87. The van der Waals surface area contributed by atoms with E-state index < -0.39 is 5.00 Å². The Morgan fingerprint density at radius 2 is 2.11 bits per heavy atom. The SMILES string of the molecule is C=CC(C)=NC(C)(C)Cl. The molecule has 0 aliphatic heterocycles. The first-order chi connectivity index (χ1) is 3.95. The molecule has 0 aliphatic rings. The quantitative estimate of drug-likeness (QED) is 0.322. The first kappa shape index (κ1) is 8.70. The van der Waals surface area contributed by atoms with Gasteiger partial charge in [0.1, 0.15) is 5.00 Å². The molecule has 0 aromatic heterocycles. The minimum Gasteiger partial charge on any atom is -0.268 e. The second kappa shape index (κ2) is 3.02. The lowest BCUT2D eigenvalue weighted by atomic mass is 10.3. The van der Waals surface area contributed by atoms with Crippen molar-refractivity contribution in [2.24, 2.45) is 4.99 Å². The van der Waals surface area contributed by atoms with Gasteiger partial charge < -0.3 is 0 Å². The van der Waals surface area contributed by atoms with Crippen LogP contribution >= 0.6 is 11.6 Å². The smallest absolute Gasteiger partial charge is 0.128 e. The summed E-state index contributed by atoms with van der Waals surface area (Å²) in [4.78, 5) is 3.60. The normalized spacial score (nSPS) is 13.6. The van der Waals surface area contributed by atoms with Crippen molar-refractivity contribution in [1.29, 1.82) is 0 Å². The molecule has 0 aromatic carbocycles. The van der Waals surface area contributed by atoms with E-state index >= 15 is 0 Å². The third-order valence-electron chi connectivity index (χ3n) is 0.738. The van der Waals surface area contributed by atoms with Gasteiger partial charge in [-0.25, -0.2) is 0 Å². The summed E-state index contributed by atoms with van der Waals surface area (Å²) in [6, 6.07) is 0. The summed E-state index contributed by atoms with van der Waals surface area (Å²) >= 11 is 5.77. The van der Waals surface area contributed by atoms with Crippen LogP contribution in [0, 0.1) is 0 Å². The van der Waals surface area contributed by atoms with Crippen LogP contribution in [0.1, 0.15) is 20.8 Å². The van der Waals surface area contributed by atoms with Crippen LogP contribution in [0.4, 0.5) is 0 Å². The van der Waals surface area contributed by atoms with Crippen molar-refractivity contribution in [2.45, 2.75) is 25.8 Å². The molecule has 0 unspecified atom stereocenters. The fourth-order valence-electron chi connectivity index (χ4n) is 0.465. The molecule has 9 heavy (non-hydrogen) atoms. The molecule has 0 fully saturated rings. The molecule has 0 aliphatic carbocycles. The van der Waals surface area contributed by atoms with Gasteiger partial charge in [-0.2, -0.15) is 0 Å². The summed E-state index contributed by atoms with van der Waals surface area (Å²) < 4.78 is 0. The summed E-state index contributed by atoms with van der Waals surface area (Å²) in [6.07, 6.45) is 1.68. The highest BCUT2D eigenvalue weighted by atomic mass is 35.5. The van der Waals surface area contributed by atoms with Crippen molar-refractivity contribution in [3.8, 4) is 0 Å². The zero-order chi connectivity index (χ0) is 7.49. The van der Waals surface area contributed by atoms with Gasteiger partial charge in [0, 0.05) is 5.71 Å². The zero-order valence-electron chi connectivity index (χ0n) is 6.11. The van der Waals surface area contributed by atoms with E-state index in [2.05, 4.69) is 11.6 Å². The molecule has 0 atom stereocenters. The van der Waals surface area contributed by atoms with Gasteiger partial charge in [0.2, 0.25) is 0 Å². The molecule has 0 N–H and O–H groups in total. The van der Waals surface area contributed by atoms with E-state index in [4.69, 9.17) is 11.6 Å². The van der Waals surface area contributed by atoms with E-state index in [1.165, 1.54) is 0 Å². The number of aliphatic imine (C=N–C) groups is 1. The summed E-state index contributed by atoms with van der Waals surface area (Å²) in [5.41, 5.74) is 0.870. The molecule has 2 heteroatoms. The number of hydrogen-bond donors (Lipinski definition) is 0. The first-order valence-electron chi connectivity index (χ1n) is 2.83. The van der Waals surface area contributed by atoms with Gasteiger partial charge in [-0.1, -0.05) is 18.2 Å². The predicted molar refractivity (Wildman–Crippen MR) is 43.2 cm³/mol. The second-order valence-corrected chi connectivity index (χ2v) is 3.29. The molecule has 0 saturated carbocycles. The monoisotopic (exact) mass is 145 g/mol. The summed E-state index contributed by atoms with van der Waals surface area (Å²) in [5.74, 6) is 0. The Hall–Kier alpha value is -0.300. The summed E-state index contributed by atoms with van der Waals surface area (Å²) in [6.45, 7) is 9.10. The number of allylic oxidation sites excluding steroid dienone is 1. The maximum atomic E-state index is 5.77. The topological polar surface area (TPSA) is 12.4 Å². The minimum atomic E-state index is -0.488. The highest BCUT2D eigenvalue weighted by molar-refractivity contribution is 6.24. The third-order valence-corrected chi connectivity index (χ3v) is 0.822. The van der Waals surface area contributed by atoms with Gasteiger partial charge in [-0.05, 0) is 26.8 Å². The molecule has 0 rings (SSSR count). The second-order valence-electron chi connectivity index (χ2n) is 2.37. The summed E-state index contributed by atoms with van der Waals surface area (Å²) in [7, 11) is 0. The predicted octanol–water partition coefficient (Wildman–Crippen LogP) is 2.61. The van der Waals surface area contributed by atoms with Crippen LogP contribution in [0.15, 0.2) is 17.6 Å². The molecule has 52 valence electrons. The lowest BCUT2D eigenvalue weighted by molar-refractivity contribution is 0.746. The Kier molecular flexibility index (Phi) is 2.92. The fourth-order valence-corrected chi connectivity index (χ4v) is 0.598. The fraction of sp³-hybridized carbons (Fsp3) is 0.571. The van der Waals surface area contributed by atoms with Crippen LogP contribution in [-0.2, 0) is 0 Å². The van der Waals surface area contributed by atoms with Gasteiger partial charge >= 0.3 is 0 Å². The lowest BCUT2D eigenvalue weighted by Gasteiger charge is -2.08. The van der Waals surface area contributed by atoms with Crippen LogP contribution in [0.25, 0.3) is 0 Å². The van der Waals surface area contributed by atoms with Gasteiger partial charge in [-0.3, -0.25) is 4.99 Å². The molecule has 0 aromatic rings. The van der Waals surface area contributed by atoms with Gasteiger partial charge in [0.05, 0.1) is 0 Å². The maximum absolute atomic E-state index is 5.77. The largest absolute Gasteiger partial charge is 0.268 e. The van der Waals surface area contributed by atoms with Crippen molar-refractivity contribution in [1.82, 2.24) is 0 Å². The third kappa shape index (κ3) is 5.57. The molecule has 0 bridgehead atoms. The highest BCUT2D eigenvalue weighted by Gasteiger charge is 2.08. The van der Waals surface area contributed by atoms with Crippen molar-refractivity contribution < 1.29 is 0 Å². The molecule has 0 amide bonds. The van der Waals surface area contributed by atoms with Crippen molar-refractivity contribution >= 4 is 17.3 Å². The van der Waals surface area contributed by atoms with Crippen molar-refractivity contribution in [2.75, 3.05) is 0 Å².